The maximum Gasteiger partial charge on any atom is 0.255 e. The van der Waals surface area contributed by atoms with E-state index in [1.165, 1.54) is 23.3 Å². The fraction of sp³-hybridized carbons (Fsp3) is 0.600. The number of nitrogens with zero attached hydrogens (tertiary/aromatic N) is 1. The van der Waals surface area contributed by atoms with Crippen molar-refractivity contribution in [3.8, 4) is 0 Å². The number of likely N-dealkylation sites (tertiary alicyclic amines) is 1. The molecule has 1 atom stereocenters. The topological polar surface area (TPSA) is 63.4 Å². The predicted molar refractivity (Wildman–Crippen MR) is 78.8 cm³/mol. The SMILES string of the molecule is NC(=O)C1CCCN(C(=O)c2csc3c2CCCC3)C1. The normalized spacial score (nSPS) is 22.4. The predicted octanol–water partition coefficient (Wildman–Crippen LogP) is 1.96. The summed E-state index contributed by atoms with van der Waals surface area (Å²) in [6, 6.07) is 0. The summed E-state index contributed by atoms with van der Waals surface area (Å²) in [5.74, 6) is -0.368. The van der Waals surface area contributed by atoms with Gasteiger partial charge in [0.1, 0.15) is 0 Å². The second-order valence-electron chi connectivity index (χ2n) is 5.75. The highest BCUT2D eigenvalue weighted by Gasteiger charge is 2.30. The molecule has 2 N–H and O–H groups in total. The number of hydrogen-bond donors (Lipinski definition) is 1. The van der Waals surface area contributed by atoms with Gasteiger partial charge in [0.2, 0.25) is 5.91 Å². The van der Waals surface area contributed by atoms with Gasteiger partial charge in [0.25, 0.3) is 5.91 Å². The van der Waals surface area contributed by atoms with Crippen molar-refractivity contribution < 1.29 is 9.59 Å². The van der Waals surface area contributed by atoms with Crippen LogP contribution in [0, 0.1) is 5.92 Å². The van der Waals surface area contributed by atoms with E-state index in [-0.39, 0.29) is 17.7 Å². The summed E-state index contributed by atoms with van der Waals surface area (Å²) in [4.78, 5) is 27.2. The number of hydrogen-bond acceptors (Lipinski definition) is 3. The van der Waals surface area contributed by atoms with Crippen LogP contribution >= 0.6 is 11.3 Å². The zero-order valence-electron chi connectivity index (χ0n) is 11.6. The number of carbonyl (C=O) groups is 2. The Kier molecular flexibility index (Phi) is 3.78. The molecule has 1 aromatic heterocycles. The molecule has 1 aliphatic heterocycles. The molecule has 1 unspecified atom stereocenters. The molecule has 1 aromatic rings. The fourth-order valence-electron chi connectivity index (χ4n) is 3.24. The van der Waals surface area contributed by atoms with Crippen LogP contribution in [0.1, 0.15) is 46.5 Å². The van der Waals surface area contributed by atoms with E-state index in [1.54, 1.807) is 11.3 Å². The zero-order valence-corrected chi connectivity index (χ0v) is 12.4. The van der Waals surface area contributed by atoms with Crippen molar-refractivity contribution in [3.05, 3.63) is 21.4 Å². The van der Waals surface area contributed by atoms with Crippen molar-refractivity contribution in [1.82, 2.24) is 4.90 Å². The second kappa shape index (κ2) is 5.56. The molecule has 2 heterocycles. The molecule has 0 radical (unpaired) electrons. The van der Waals surface area contributed by atoms with Crippen LogP contribution in [0.25, 0.3) is 0 Å². The van der Waals surface area contributed by atoms with E-state index in [1.807, 2.05) is 10.3 Å². The summed E-state index contributed by atoms with van der Waals surface area (Å²) >= 11 is 1.71. The van der Waals surface area contributed by atoms with Gasteiger partial charge in [0.05, 0.1) is 11.5 Å². The van der Waals surface area contributed by atoms with E-state index >= 15 is 0 Å². The van der Waals surface area contributed by atoms with E-state index in [0.717, 1.165) is 37.8 Å². The lowest BCUT2D eigenvalue weighted by molar-refractivity contribution is -0.123. The molecular formula is C15H20N2O2S. The summed E-state index contributed by atoms with van der Waals surface area (Å²) in [6.07, 6.45) is 6.21. The van der Waals surface area contributed by atoms with Crippen molar-refractivity contribution >= 4 is 23.2 Å². The zero-order chi connectivity index (χ0) is 14.1. The summed E-state index contributed by atoms with van der Waals surface area (Å²) in [5.41, 5.74) is 7.51. The molecule has 2 aliphatic rings. The lowest BCUT2D eigenvalue weighted by atomic mass is 9.93. The molecule has 2 amide bonds. The largest absolute Gasteiger partial charge is 0.369 e. The Morgan fingerprint density at radius 1 is 1.25 bits per heavy atom. The summed E-state index contributed by atoms with van der Waals surface area (Å²) in [7, 11) is 0. The average Bonchev–Trinajstić information content (AvgIpc) is 2.90. The Morgan fingerprint density at radius 2 is 2.05 bits per heavy atom. The van der Waals surface area contributed by atoms with E-state index in [9.17, 15) is 9.59 Å². The van der Waals surface area contributed by atoms with Crippen molar-refractivity contribution in [2.45, 2.75) is 38.5 Å². The first-order valence-electron chi connectivity index (χ1n) is 7.34. The minimum Gasteiger partial charge on any atom is -0.369 e. The van der Waals surface area contributed by atoms with Crippen molar-refractivity contribution in [3.63, 3.8) is 0 Å². The number of piperidine rings is 1. The molecule has 1 fully saturated rings. The van der Waals surface area contributed by atoms with Gasteiger partial charge >= 0.3 is 0 Å². The molecule has 0 saturated carbocycles. The van der Waals surface area contributed by atoms with Gasteiger partial charge in [-0.1, -0.05) is 0 Å². The van der Waals surface area contributed by atoms with Crippen molar-refractivity contribution in [1.29, 1.82) is 0 Å². The van der Waals surface area contributed by atoms with E-state index in [2.05, 4.69) is 0 Å². The van der Waals surface area contributed by atoms with Crippen LogP contribution in [0.4, 0.5) is 0 Å². The Bertz CT molecular complexity index is 538. The van der Waals surface area contributed by atoms with Gasteiger partial charge in [-0.3, -0.25) is 9.59 Å². The minimum absolute atomic E-state index is 0.0929. The molecular weight excluding hydrogens is 272 g/mol. The van der Waals surface area contributed by atoms with Gasteiger partial charge in [-0.2, -0.15) is 0 Å². The third kappa shape index (κ3) is 2.46. The molecule has 1 aliphatic carbocycles. The smallest absolute Gasteiger partial charge is 0.255 e. The third-order valence-corrected chi connectivity index (χ3v) is 5.49. The molecule has 3 rings (SSSR count). The first-order chi connectivity index (χ1) is 9.66. The van der Waals surface area contributed by atoms with Crippen LogP contribution in [0.3, 0.4) is 0 Å². The number of carbonyl (C=O) groups excluding carboxylic acids is 2. The van der Waals surface area contributed by atoms with Gasteiger partial charge < -0.3 is 10.6 Å². The van der Waals surface area contributed by atoms with Gasteiger partial charge in [0, 0.05) is 23.3 Å². The van der Waals surface area contributed by atoms with Crippen LogP contribution in [0.15, 0.2) is 5.38 Å². The Balaban J connectivity index is 1.78. The highest BCUT2D eigenvalue weighted by atomic mass is 32.1. The summed E-state index contributed by atoms with van der Waals surface area (Å²) < 4.78 is 0. The van der Waals surface area contributed by atoms with E-state index < -0.39 is 0 Å². The van der Waals surface area contributed by atoms with Crippen LogP contribution in [-0.4, -0.2) is 29.8 Å². The Morgan fingerprint density at radius 3 is 2.85 bits per heavy atom. The standard InChI is InChI=1S/C15H20N2O2S/c16-14(18)10-4-3-7-17(8-10)15(19)12-9-20-13-6-2-1-5-11(12)13/h9-10H,1-8H2,(H2,16,18). The lowest BCUT2D eigenvalue weighted by Crippen LogP contribution is -2.44. The third-order valence-electron chi connectivity index (χ3n) is 4.40. The van der Waals surface area contributed by atoms with E-state index in [0.29, 0.717) is 6.54 Å². The Labute approximate surface area is 122 Å². The average molecular weight is 292 g/mol. The van der Waals surface area contributed by atoms with Crippen LogP contribution < -0.4 is 5.73 Å². The molecule has 0 spiro atoms. The molecule has 20 heavy (non-hydrogen) atoms. The number of fused-ring (bicyclic) bond motifs is 1. The van der Waals surface area contributed by atoms with Crippen molar-refractivity contribution in [2.75, 3.05) is 13.1 Å². The highest BCUT2D eigenvalue weighted by molar-refractivity contribution is 7.10. The highest BCUT2D eigenvalue weighted by Crippen LogP contribution is 2.31. The number of nitrogens with two attached hydrogens (primary N) is 1. The maximum atomic E-state index is 12.7. The summed E-state index contributed by atoms with van der Waals surface area (Å²) in [5, 5.41) is 2.01. The number of rotatable bonds is 2. The van der Waals surface area contributed by atoms with Crippen LogP contribution in [0.5, 0.6) is 0 Å². The van der Waals surface area contributed by atoms with Crippen molar-refractivity contribution in [2.24, 2.45) is 11.7 Å². The molecule has 5 heteroatoms. The van der Waals surface area contributed by atoms with Gasteiger partial charge in [-0.25, -0.2) is 0 Å². The van der Waals surface area contributed by atoms with Gasteiger partial charge in [0.15, 0.2) is 0 Å². The lowest BCUT2D eigenvalue weighted by Gasteiger charge is -2.31. The maximum absolute atomic E-state index is 12.7. The second-order valence-corrected chi connectivity index (χ2v) is 6.72. The summed E-state index contributed by atoms with van der Waals surface area (Å²) in [6.45, 7) is 1.23. The number of amides is 2. The fourth-order valence-corrected chi connectivity index (χ4v) is 4.36. The number of primary amides is 1. The molecule has 0 bridgehead atoms. The van der Waals surface area contributed by atoms with Gasteiger partial charge in [-0.05, 0) is 44.1 Å². The molecule has 108 valence electrons. The first-order valence-corrected chi connectivity index (χ1v) is 8.22. The Hall–Kier alpha value is -1.36. The molecule has 1 saturated heterocycles. The van der Waals surface area contributed by atoms with Crippen LogP contribution in [0.2, 0.25) is 0 Å². The quantitative estimate of drug-likeness (QED) is 0.905. The number of thiophene rings is 1. The monoisotopic (exact) mass is 292 g/mol. The number of aryl methyl sites for hydroxylation is 1. The van der Waals surface area contributed by atoms with Crippen LogP contribution in [-0.2, 0) is 17.6 Å². The molecule has 0 aromatic carbocycles. The minimum atomic E-state index is -0.283. The molecule has 4 nitrogen and oxygen atoms in total. The first kappa shape index (κ1) is 13.6. The van der Waals surface area contributed by atoms with Gasteiger partial charge in [-0.15, -0.1) is 11.3 Å². The van der Waals surface area contributed by atoms with E-state index in [4.69, 9.17) is 5.73 Å².